The third-order valence-corrected chi connectivity index (χ3v) is 8.16. The quantitative estimate of drug-likeness (QED) is 0.212. The fourth-order valence-electron chi connectivity index (χ4n) is 6.14. The maximum atomic E-state index is 6.71. The molecule has 0 aliphatic rings. The highest BCUT2D eigenvalue weighted by molar-refractivity contribution is 6.13. The Morgan fingerprint density at radius 2 is 0.864 bits per heavy atom. The van der Waals surface area contributed by atoms with Gasteiger partial charge in [0, 0.05) is 38.2 Å². The first-order valence-corrected chi connectivity index (χ1v) is 14.5. The minimum atomic E-state index is 0.546. The molecule has 5 heteroatoms. The van der Waals surface area contributed by atoms with Gasteiger partial charge < -0.3 is 8.83 Å². The molecule has 0 aliphatic carbocycles. The Morgan fingerprint density at radius 3 is 1.64 bits per heavy atom. The number of nitrogens with zero attached hydrogens (tertiary/aromatic N) is 3. The lowest BCUT2D eigenvalue weighted by Gasteiger charge is -2.09. The van der Waals surface area contributed by atoms with E-state index in [2.05, 4.69) is 42.5 Å². The summed E-state index contributed by atoms with van der Waals surface area (Å²) >= 11 is 0. The lowest BCUT2D eigenvalue weighted by Crippen LogP contribution is -2.00. The Kier molecular flexibility index (Phi) is 5.43. The molecule has 0 bridgehead atoms. The summed E-state index contributed by atoms with van der Waals surface area (Å²) in [6.07, 6.45) is 0. The molecule has 0 N–H and O–H groups in total. The van der Waals surface area contributed by atoms with Crippen LogP contribution in [0.2, 0.25) is 0 Å². The second-order valence-corrected chi connectivity index (χ2v) is 10.8. The van der Waals surface area contributed by atoms with Crippen LogP contribution < -0.4 is 0 Å². The number of para-hydroxylation sites is 3. The second-order valence-electron chi connectivity index (χ2n) is 10.8. The summed E-state index contributed by atoms with van der Waals surface area (Å²) in [5, 5.41) is 4.07. The zero-order chi connectivity index (χ0) is 29.0. The summed E-state index contributed by atoms with van der Waals surface area (Å²) < 4.78 is 12.9. The molecule has 9 aromatic rings. The molecule has 0 amide bonds. The van der Waals surface area contributed by atoms with Gasteiger partial charge in [-0.05, 0) is 23.8 Å². The monoisotopic (exact) mass is 565 g/mol. The molecule has 0 saturated heterocycles. The van der Waals surface area contributed by atoms with E-state index in [9.17, 15) is 0 Å². The molecule has 0 spiro atoms. The molecule has 3 aromatic heterocycles. The average Bonchev–Trinajstić information content (AvgIpc) is 3.67. The lowest BCUT2D eigenvalue weighted by atomic mass is 10.0. The van der Waals surface area contributed by atoms with E-state index in [1.54, 1.807) is 0 Å². The third kappa shape index (κ3) is 3.83. The maximum absolute atomic E-state index is 6.71. The number of rotatable bonds is 4. The van der Waals surface area contributed by atoms with Gasteiger partial charge in [-0.15, -0.1) is 0 Å². The van der Waals surface area contributed by atoms with Crippen LogP contribution in [0.4, 0.5) is 0 Å². The highest BCUT2D eigenvalue weighted by atomic mass is 16.3. The standard InChI is InChI=1S/C39H23N3O2/c1-3-12-24(13-4-1)26-17-9-18-27-28-19-10-21-31(36(28)44-35(26)27)39-41-37(25-14-5-2-6-15-25)40-38(42-39)30-20-11-23-33-34(30)29-16-7-8-22-32(29)43-33/h1-23H. The minimum absolute atomic E-state index is 0.546. The number of furan rings is 2. The van der Waals surface area contributed by atoms with Crippen molar-refractivity contribution in [2.45, 2.75) is 0 Å². The van der Waals surface area contributed by atoms with E-state index >= 15 is 0 Å². The van der Waals surface area contributed by atoms with Crippen molar-refractivity contribution in [1.29, 1.82) is 0 Å². The Morgan fingerprint density at radius 1 is 0.341 bits per heavy atom. The van der Waals surface area contributed by atoms with E-state index in [0.29, 0.717) is 17.5 Å². The van der Waals surface area contributed by atoms with Gasteiger partial charge in [-0.25, -0.2) is 15.0 Å². The van der Waals surface area contributed by atoms with E-state index in [1.165, 1.54) is 0 Å². The Bertz CT molecular complexity index is 2500. The summed E-state index contributed by atoms with van der Waals surface area (Å²) in [4.78, 5) is 15.2. The van der Waals surface area contributed by atoms with E-state index in [4.69, 9.17) is 23.8 Å². The number of aromatic nitrogens is 3. The van der Waals surface area contributed by atoms with E-state index in [-0.39, 0.29) is 0 Å². The van der Waals surface area contributed by atoms with Gasteiger partial charge in [0.2, 0.25) is 0 Å². The molecule has 0 saturated carbocycles. The van der Waals surface area contributed by atoms with Gasteiger partial charge >= 0.3 is 0 Å². The average molecular weight is 566 g/mol. The first-order valence-electron chi connectivity index (χ1n) is 14.5. The van der Waals surface area contributed by atoms with E-state index < -0.39 is 0 Å². The zero-order valence-electron chi connectivity index (χ0n) is 23.4. The van der Waals surface area contributed by atoms with Crippen molar-refractivity contribution in [2.24, 2.45) is 0 Å². The fraction of sp³-hybridized carbons (Fsp3) is 0. The molecular formula is C39H23N3O2. The van der Waals surface area contributed by atoms with Crippen LogP contribution in [-0.4, -0.2) is 15.0 Å². The van der Waals surface area contributed by atoms with Crippen LogP contribution in [0, 0.1) is 0 Å². The van der Waals surface area contributed by atoms with Crippen molar-refractivity contribution in [3.05, 3.63) is 140 Å². The second kappa shape index (κ2) is 9.75. The van der Waals surface area contributed by atoms with Crippen LogP contribution in [0.15, 0.2) is 148 Å². The molecule has 44 heavy (non-hydrogen) atoms. The zero-order valence-corrected chi connectivity index (χ0v) is 23.4. The van der Waals surface area contributed by atoms with Gasteiger partial charge in [0.1, 0.15) is 22.3 Å². The number of benzene rings is 6. The van der Waals surface area contributed by atoms with Crippen molar-refractivity contribution < 1.29 is 8.83 Å². The van der Waals surface area contributed by atoms with Crippen LogP contribution in [-0.2, 0) is 0 Å². The Hall–Kier alpha value is -6.07. The van der Waals surface area contributed by atoms with Crippen molar-refractivity contribution in [2.75, 3.05) is 0 Å². The van der Waals surface area contributed by atoms with Gasteiger partial charge in [0.05, 0.1) is 5.56 Å². The summed E-state index contributed by atoms with van der Waals surface area (Å²) in [7, 11) is 0. The van der Waals surface area contributed by atoms with Crippen molar-refractivity contribution in [3.8, 4) is 45.3 Å². The summed E-state index contributed by atoms with van der Waals surface area (Å²) in [6.45, 7) is 0. The van der Waals surface area contributed by atoms with Crippen LogP contribution in [0.1, 0.15) is 0 Å². The van der Waals surface area contributed by atoms with Gasteiger partial charge in [-0.1, -0.05) is 121 Å². The predicted molar refractivity (Wildman–Crippen MR) is 176 cm³/mol. The molecule has 0 fully saturated rings. The molecule has 9 rings (SSSR count). The molecule has 206 valence electrons. The largest absolute Gasteiger partial charge is 0.456 e. The van der Waals surface area contributed by atoms with Crippen LogP contribution in [0.25, 0.3) is 89.2 Å². The van der Waals surface area contributed by atoms with Crippen molar-refractivity contribution in [1.82, 2.24) is 15.0 Å². The maximum Gasteiger partial charge on any atom is 0.167 e. The van der Waals surface area contributed by atoms with Gasteiger partial charge in [-0.3, -0.25) is 0 Å². The number of hydrogen-bond acceptors (Lipinski definition) is 5. The first kappa shape index (κ1) is 24.5. The molecular weight excluding hydrogens is 542 g/mol. The highest BCUT2D eigenvalue weighted by Crippen LogP contribution is 2.40. The molecule has 0 radical (unpaired) electrons. The van der Waals surface area contributed by atoms with Crippen LogP contribution in [0.3, 0.4) is 0 Å². The van der Waals surface area contributed by atoms with Crippen molar-refractivity contribution >= 4 is 43.9 Å². The van der Waals surface area contributed by atoms with E-state index in [0.717, 1.165) is 71.7 Å². The first-order chi connectivity index (χ1) is 21.8. The summed E-state index contributed by atoms with van der Waals surface area (Å²) in [5.41, 5.74) is 7.96. The van der Waals surface area contributed by atoms with E-state index in [1.807, 2.05) is 97.1 Å². The van der Waals surface area contributed by atoms with Crippen LogP contribution in [0.5, 0.6) is 0 Å². The minimum Gasteiger partial charge on any atom is -0.456 e. The number of hydrogen-bond donors (Lipinski definition) is 0. The smallest absolute Gasteiger partial charge is 0.167 e. The predicted octanol–water partition coefficient (Wildman–Crippen LogP) is 10.3. The fourth-order valence-corrected chi connectivity index (χ4v) is 6.14. The summed E-state index contributed by atoms with van der Waals surface area (Å²) in [5.74, 6) is 1.71. The molecule has 3 heterocycles. The Balaban J connectivity index is 1.32. The van der Waals surface area contributed by atoms with Gasteiger partial charge in [0.25, 0.3) is 0 Å². The Labute approximate surface area is 252 Å². The summed E-state index contributed by atoms with van der Waals surface area (Å²) in [6, 6.07) is 46.9. The van der Waals surface area contributed by atoms with Gasteiger partial charge in [-0.2, -0.15) is 0 Å². The van der Waals surface area contributed by atoms with Gasteiger partial charge in [0.15, 0.2) is 17.5 Å². The SMILES string of the molecule is c1ccc(-c2nc(-c3cccc4c3oc3c(-c5ccccc5)cccc34)nc(-c3cccc4oc5ccccc5c34)n2)cc1. The normalized spacial score (nSPS) is 11.6. The third-order valence-electron chi connectivity index (χ3n) is 8.16. The van der Waals surface area contributed by atoms with Crippen molar-refractivity contribution in [3.63, 3.8) is 0 Å². The molecule has 0 unspecified atom stereocenters. The molecule has 6 aromatic carbocycles. The number of fused-ring (bicyclic) bond motifs is 6. The molecule has 0 atom stereocenters. The lowest BCUT2D eigenvalue weighted by molar-refractivity contribution is 0.669. The van der Waals surface area contributed by atoms with Crippen LogP contribution >= 0.6 is 0 Å². The highest BCUT2D eigenvalue weighted by Gasteiger charge is 2.21. The topological polar surface area (TPSA) is 65.0 Å². The molecule has 5 nitrogen and oxygen atoms in total. The molecule has 0 aliphatic heterocycles.